The molecule has 1 heterocycles. The number of halogens is 1. The lowest BCUT2D eigenvalue weighted by molar-refractivity contribution is 0.399. The lowest BCUT2D eigenvalue weighted by Gasteiger charge is -2.23. The van der Waals surface area contributed by atoms with Crippen LogP contribution in [0.3, 0.4) is 0 Å². The molecule has 0 spiro atoms. The Bertz CT molecular complexity index is 1420. The molecule has 5 nitrogen and oxygen atoms in total. The van der Waals surface area contributed by atoms with Gasteiger partial charge in [-0.1, -0.05) is 55.5 Å². The van der Waals surface area contributed by atoms with Crippen LogP contribution >= 0.6 is 15.9 Å². The molecule has 4 rings (SSSR count). The highest BCUT2D eigenvalue weighted by Gasteiger charge is 2.27. The highest BCUT2D eigenvalue weighted by atomic mass is 79.9. The van der Waals surface area contributed by atoms with Gasteiger partial charge in [0.2, 0.25) is 10.0 Å². The third-order valence-corrected chi connectivity index (χ3v) is 8.20. The van der Waals surface area contributed by atoms with Crippen LogP contribution in [0, 0.1) is 0 Å². The zero-order valence-corrected chi connectivity index (χ0v) is 20.0. The number of aromatic nitrogens is 1. The third kappa shape index (κ3) is 4.70. The highest BCUT2D eigenvalue weighted by molar-refractivity contribution is 9.10. The van der Waals surface area contributed by atoms with Gasteiger partial charge in [-0.3, -0.25) is 4.79 Å². The van der Waals surface area contributed by atoms with E-state index >= 15 is 0 Å². The Hall–Kier alpha value is -2.74. The third-order valence-electron chi connectivity index (χ3n) is 5.40. The maximum absolute atomic E-state index is 13.6. The maximum atomic E-state index is 13.6. The quantitative estimate of drug-likeness (QED) is 0.369. The predicted molar refractivity (Wildman–Crippen MR) is 131 cm³/mol. The van der Waals surface area contributed by atoms with E-state index in [0.717, 1.165) is 28.5 Å². The second-order valence-electron chi connectivity index (χ2n) is 7.59. The summed E-state index contributed by atoms with van der Waals surface area (Å²) in [5.74, 6) is 0. The lowest BCUT2D eigenvalue weighted by Crippen LogP contribution is -2.32. The summed E-state index contributed by atoms with van der Waals surface area (Å²) in [4.78, 5) is 15.9. The first kappa shape index (κ1) is 22.5. The number of hydrogen-bond acceptors (Lipinski definition) is 3. The molecule has 0 saturated heterocycles. The minimum absolute atomic E-state index is 0.0415. The Balaban J connectivity index is 1.79. The number of aryl methyl sites for hydroxylation is 1. The number of nitrogens with zero attached hydrogens (tertiary/aromatic N) is 1. The number of benzene rings is 3. The summed E-state index contributed by atoms with van der Waals surface area (Å²) >= 11 is 3.36. The Morgan fingerprint density at radius 1 is 0.875 bits per heavy atom. The Kier molecular flexibility index (Phi) is 6.60. The van der Waals surface area contributed by atoms with Crippen molar-refractivity contribution in [2.75, 3.05) is 0 Å². The number of fused-ring (bicyclic) bond motifs is 1. The summed E-state index contributed by atoms with van der Waals surface area (Å²) in [6.07, 6.45) is 0.876. The van der Waals surface area contributed by atoms with Crippen LogP contribution in [0.5, 0.6) is 0 Å². The van der Waals surface area contributed by atoms with Crippen molar-refractivity contribution in [2.24, 2.45) is 0 Å². The predicted octanol–water partition coefficient (Wildman–Crippen LogP) is 5.24. The van der Waals surface area contributed by atoms with Gasteiger partial charge in [0.25, 0.3) is 5.56 Å². The van der Waals surface area contributed by atoms with Crippen LogP contribution in [-0.4, -0.2) is 17.7 Å². The molecule has 0 aliphatic rings. The molecular formula is C25H23BrN2O3S. The largest absolute Gasteiger partial charge is 0.322 e. The molecule has 164 valence electrons. The second-order valence-corrected chi connectivity index (χ2v) is 10.3. The summed E-state index contributed by atoms with van der Waals surface area (Å²) in [5, 5.41) is 0.886. The molecular weight excluding hydrogens is 488 g/mol. The van der Waals surface area contributed by atoms with E-state index in [2.05, 4.69) is 27.8 Å². The zero-order chi connectivity index (χ0) is 22.7. The van der Waals surface area contributed by atoms with Crippen LogP contribution in [0.25, 0.3) is 10.9 Å². The summed E-state index contributed by atoms with van der Waals surface area (Å²) < 4.78 is 29.1. The van der Waals surface area contributed by atoms with Gasteiger partial charge in [0.1, 0.15) is 0 Å². The fourth-order valence-electron chi connectivity index (χ4n) is 3.63. The first-order valence-corrected chi connectivity index (χ1v) is 12.5. The minimum Gasteiger partial charge on any atom is -0.322 e. The van der Waals surface area contributed by atoms with Crippen molar-refractivity contribution < 1.29 is 8.42 Å². The normalized spacial score (nSPS) is 11.8. The van der Waals surface area contributed by atoms with Gasteiger partial charge in [0.15, 0.2) is 0 Å². The molecule has 0 amide bonds. The number of rotatable bonds is 7. The van der Waals surface area contributed by atoms with E-state index < -0.39 is 10.0 Å². The van der Waals surface area contributed by atoms with Crippen molar-refractivity contribution in [1.29, 1.82) is 0 Å². The summed E-state index contributed by atoms with van der Waals surface area (Å²) in [6.45, 7) is 2.18. The van der Waals surface area contributed by atoms with Crippen molar-refractivity contribution in [2.45, 2.75) is 31.3 Å². The minimum atomic E-state index is -3.88. The highest BCUT2D eigenvalue weighted by Crippen LogP contribution is 2.27. The van der Waals surface area contributed by atoms with Crippen molar-refractivity contribution in [1.82, 2.24) is 9.29 Å². The van der Waals surface area contributed by atoms with Crippen molar-refractivity contribution in [3.05, 3.63) is 110 Å². The van der Waals surface area contributed by atoms with Gasteiger partial charge >= 0.3 is 0 Å². The van der Waals surface area contributed by atoms with E-state index in [-0.39, 0.29) is 23.5 Å². The molecule has 1 N–H and O–H groups in total. The maximum Gasteiger partial charge on any atom is 0.252 e. The van der Waals surface area contributed by atoms with E-state index in [1.807, 2.05) is 48.5 Å². The van der Waals surface area contributed by atoms with Gasteiger partial charge in [-0.05, 0) is 69.2 Å². The molecule has 0 fully saturated rings. The number of nitrogens with one attached hydrogen (secondary N) is 1. The van der Waals surface area contributed by atoms with Crippen LogP contribution in [0.1, 0.15) is 23.6 Å². The van der Waals surface area contributed by atoms with E-state index in [9.17, 15) is 13.2 Å². The summed E-state index contributed by atoms with van der Waals surface area (Å²) in [5.41, 5.74) is 2.84. The van der Waals surface area contributed by atoms with Gasteiger partial charge in [0, 0.05) is 28.6 Å². The van der Waals surface area contributed by atoms with Gasteiger partial charge in [-0.15, -0.1) is 0 Å². The summed E-state index contributed by atoms with van der Waals surface area (Å²) in [7, 11) is -3.88. The molecule has 0 aliphatic heterocycles. The first-order valence-electron chi connectivity index (χ1n) is 10.3. The zero-order valence-electron chi connectivity index (χ0n) is 17.6. The van der Waals surface area contributed by atoms with Gasteiger partial charge in [-0.25, -0.2) is 8.42 Å². The second kappa shape index (κ2) is 9.40. The average Bonchev–Trinajstić information content (AvgIpc) is 2.79. The van der Waals surface area contributed by atoms with Gasteiger partial charge in [0.05, 0.1) is 4.90 Å². The van der Waals surface area contributed by atoms with E-state index in [1.165, 1.54) is 4.31 Å². The fraction of sp³-hybridized carbons (Fsp3) is 0.160. The van der Waals surface area contributed by atoms with Crippen LogP contribution < -0.4 is 5.56 Å². The Morgan fingerprint density at radius 3 is 2.31 bits per heavy atom. The molecule has 7 heteroatoms. The fourth-order valence-corrected chi connectivity index (χ4v) is 6.00. The molecule has 0 aliphatic carbocycles. The lowest BCUT2D eigenvalue weighted by atomic mass is 10.1. The first-order chi connectivity index (χ1) is 15.4. The van der Waals surface area contributed by atoms with Crippen molar-refractivity contribution >= 4 is 36.9 Å². The average molecular weight is 511 g/mol. The molecule has 32 heavy (non-hydrogen) atoms. The van der Waals surface area contributed by atoms with Gasteiger partial charge < -0.3 is 4.98 Å². The van der Waals surface area contributed by atoms with E-state index in [0.29, 0.717) is 10.0 Å². The van der Waals surface area contributed by atoms with Crippen molar-refractivity contribution in [3.8, 4) is 0 Å². The standard InChI is InChI=1S/C25H23BrN2O3S/c1-2-18-12-13-23-20(14-18)15-21(25(29)27-23)17-28(16-19-8-4-3-5-9-19)32(30,31)24-11-7-6-10-22(24)26/h3-15H,2,16-17H2,1H3,(H,27,29). The molecule has 1 aromatic heterocycles. The number of H-pyrrole nitrogens is 1. The van der Waals surface area contributed by atoms with Crippen LogP contribution in [0.15, 0.2) is 93.0 Å². The molecule has 0 radical (unpaired) electrons. The number of pyridine rings is 1. The molecule has 0 unspecified atom stereocenters. The molecule has 0 saturated carbocycles. The monoisotopic (exact) mass is 510 g/mol. The Morgan fingerprint density at radius 2 is 1.59 bits per heavy atom. The number of aromatic amines is 1. The van der Waals surface area contributed by atoms with E-state index in [1.54, 1.807) is 30.3 Å². The van der Waals surface area contributed by atoms with Gasteiger partial charge in [-0.2, -0.15) is 4.31 Å². The van der Waals surface area contributed by atoms with Crippen LogP contribution in [-0.2, 0) is 29.5 Å². The number of sulfonamides is 1. The smallest absolute Gasteiger partial charge is 0.252 e. The van der Waals surface area contributed by atoms with Crippen molar-refractivity contribution in [3.63, 3.8) is 0 Å². The molecule has 0 atom stereocenters. The molecule has 3 aromatic carbocycles. The van der Waals surface area contributed by atoms with Crippen LogP contribution in [0.4, 0.5) is 0 Å². The molecule has 0 bridgehead atoms. The summed E-state index contributed by atoms with van der Waals surface area (Å²) in [6, 6.07) is 23.8. The molecule has 4 aromatic rings. The topological polar surface area (TPSA) is 70.2 Å². The van der Waals surface area contributed by atoms with Crippen LogP contribution in [0.2, 0.25) is 0 Å². The SMILES string of the molecule is CCc1ccc2[nH]c(=O)c(CN(Cc3ccccc3)S(=O)(=O)c3ccccc3Br)cc2c1. The number of hydrogen-bond donors (Lipinski definition) is 1. The Labute approximate surface area is 195 Å². The van der Waals surface area contributed by atoms with E-state index in [4.69, 9.17) is 0 Å².